The van der Waals surface area contributed by atoms with Gasteiger partial charge < -0.3 is 0 Å². The topological polar surface area (TPSA) is 0 Å². The van der Waals surface area contributed by atoms with Crippen LogP contribution < -0.4 is 0 Å². The van der Waals surface area contributed by atoms with E-state index < -0.39 is 0 Å². The van der Waals surface area contributed by atoms with Crippen LogP contribution in [0.1, 0.15) is 18.4 Å². The average Bonchev–Trinajstić information content (AvgIpc) is 2.08. The average molecular weight is 225 g/mol. The van der Waals surface area contributed by atoms with E-state index in [1.807, 2.05) is 18.2 Å². The van der Waals surface area contributed by atoms with Crippen LogP contribution >= 0.6 is 23.2 Å². The molecule has 1 atom stereocenters. The van der Waals surface area contributed by atoms with Gasteiger partial charge in [-0.1, -0.05) is 29.1 Å². The van der Waals surface area contributed by atoms with Gasteiger partial charge in [0.1, 0.15) is 0 Å². The van der Waals surface area contributed by atoms with Crippen LogP contribution in [0, 0.1) is 17.8 Å². The first kappa shape index (κ1) is 9.90. The van der Waals surface area contributed by atoms with Crippen LogP contribution in [0.2, 0.25) is 10.0 Å². The number of benzene rings is 1. The number of halogens is 2. The van der Waals surface area contributed by atoms with E-state index in [1.54, 1.807) is 0 Å². The van der Waals surface area contributed by atoms with Crippen LogP contribution in [0.4, 0.5) is 0 Å². The van der Waals surface area contributed by atoms with Gasteiger partial charge in [0.2, 0.25) is 0 Å². The summed E-state index contributed by atoms with van der Waals surface area (Å²) >= 11 is 11.9. The molecule has 72 valence electrons. The Kier molecular flexibility index (Phi) is 3.01. The zero-order chi connectivity index (χ0) is 9.97. The smallest absolute Gasteiger partial charge is 0.0439 e. The maximum atomic E-state index is 6.05. The fraction of sp³-hybridized carbons (Fsp3) is 0.333. The Hall–Kier alpha value is -0.640. The molecule has 1 aliphatic carbocycles. The van der Waals surface area contributed by atoms with Crippen molar-refractivity contribution in [3.05, 3.63) is 33.8 Å². The maximum absolute atomic E-state index is 6.05. The Morgan fingerprint density at radius 2 is 2.14 bits per heavy atom. The Bertz CT molecular complexity index is 399. The highest BCUT2D eigenvalue weighted by Gasteiger charge is 2.10. The van der Waals surface area contributed by atoms with Gasteiger partial charge in [0, 0.05) is 22.4 Å². The van der Waals surface area contributed by atoms with Crippen molar-refractivity contribution >= 4 is 23.2 Å². The molecule has 0 fully saturated rings. The summed E-state index contributed by atoms with van der Waals surface area (Å²) in [6.45, 7) is 0. The normalized spacial score (nSPS) is 18.3. The van der Waals surface area contributed by atoms with Crippen LogP contribution in [-0.2, 0) is 6.42 Å². The fourth-order valence-corrected chi connectivity index (χ4v) is 1.89. The van der Waals surface area contributed by atoms with Gasteiger partial charge in [-0.3, -0.25) is 0 Å². The van der Waals surface area contributed by atoms with Crippen molar-refractivity contribution in [3.63, 3.8) is 0 Å². The number of rotatable bonds is 3. The molecule has 0 aromatic heterocycles. The Labute approximate surface area is 94.2 Å². The van der Waals surface area contributed by atoms with Crippen LogP contribution in [-0.4, -0.2) is 0 Å². The summed E-state index contributed by atoms with van der Waals surface area (Å²) in [5.41, 5.74) is 1.13. The highest BCUT2D eigenvalue weighted by molar-refractivity contribution is 6.33. The van der Waals surface area contributed by atoms with Crippen LogP contribution in [0.5, 0.6) is 0 Å². The van der Waals surface area contributed by atoms with Gasteiger partial charge in [-0.2, -0.15) is 0 Å². The zero-order valence-corrected chi connectivity index (χ0v) is 9.20. The largest absolute Gasteiger partial charge is 0.102 e. The lowest BCUT2D eigenvalue weighted by molar-refractivity contribution is 0.601. The predicted octanol–water partition coefficient (Wildman–Crippen LogP) is 3.95. The van der Waals surface area contributed by atoms with Gasteiger partial charge in [0.05, 0.1) is 0 Å². The minimum atomic E-state index is 0.574. The lowest BCUT2D eigenvalue weighted by Gasteiger charge is -2.13. The van der Waals surface area contributed by atoms with Gasteiger partial charge in [-0.25, -0.2) is 0 Å². The molecule has 2 heteroatoms. The molecular formula is C12H10Cl2. The van der Waals surface area contributed by atoms with Gasteiger partial charge in [0.15, 0.2) is 0 Å². The first-order valence-electron chi connectivity index (χ1n) is 4.68. The minimum Gasteiger partial charge on any atom is -0.102 e. The summed E-state index contributed by atoms with van der Waals surface area (Å²) in [6.07, 6.45) is 3.10. The van der Waals surface area contributed by atoms with Crippen molar-refractivity contribution < 1.29 is 0 Å². The zero-order valence-electron chi connectivity index (χ0n) is 7.69. The van der Waals surface area contributed by atoms with E-state index >= 15 is 0 Å². The highest BCUT2D eigenvalue weighted by Crippen LogP contribution is 2.24. The molecule has 0 amide bonds. The third kappa shape index (κ3) is 2.23. The minimum absolute atomic E-state index is 0.574. The second-order valence-corrected chi connectivity index (χ2v) is 4.34. The van der Waals surface area contributed by atoms with E-state index in [-0.39, 0.29) is 0 Å². The Balaban J connectivity index is 2.01. The monoisotopic (exact) mass is 224 g/mol. The van der Waals surface area contributed by atoms with Crippen LogP contribution in [0.3, 0.4) is 0 Å². The SMILES string of the molecule is Clc1ccc(Cl)c(CCC2C#CC2)c1. The molecule has 0 N–H and O–H groups in total. The molecule has 0 saturated heterocycles. The summed E-state index contributed by atoms with van der Waals surface area (Å²) in [7, 11) is 0. The van der Waals surface area contributed by atoms with Crippen molar-refractivity contribution in [3.8, 4) is 11.8 Å². The summed E-state index contributed by atoms with van der Waals surface area (Å²) in [4.78, 5) is 0. The number of hydrogen-bond donors (Lipinski definition) is 0. The number of aryl methyl sites for hydroxylation is 1. The van der Waals surface area contributed by atoms with E-state index in [0.717, 1.165) is 34.9 Å². The van der Waals surface area contributed by atoms with Gasteiger partial charge >= 0.3 is 0 Å². The summed E-state index contributed by atoms with van der Waals surface area (Å²) < 4.78 is 0. The molecule has 1 unspecified atom stereocenters. The van der Waals surface area contributed by atoms with Gasteiger partial charge in [-0.15, -0.1) is 5.92 Å². The Morgan fingerprint density at radius 1 is 1.36 bits per heavy atom. The van der Waals surface area contributed by atoms with Gasteiger partial charge in [0.25, 0.3) is 0 Å². The summed E-state index contributed by atoms with van der Waals surface area (Å²) in [6, 6.07) is 5.61. The van der Waals surface area contributed by atoms with E-state index in [9.17, 15) is 0 Å². The third-order valence-electron chi connectivity index (χ3n) is 2.42. The Morgan fingerprint density at radius 3 is 2.79 bits per heavy atom. The molecule has 1 aliphatic rings. The van der Waals surface area contributed by atoms with Crippen molar-refractivity contribution in [2.45, 2.75) is 19.3 Å². The molecule has 0 nitrogen and oxygen atoms in total. The van der Waals surface area contributed by atoms with E-state index in [2.05, 4.69) is 11.8 Å². The molecule has 2 rings (SSSR count). The van der Waals surface area contributed by atoms with Crippen molar-refractivity contribution in [2.75, 3.05) is 0 Å². The molecule has 0 radical (unpaired) electrons. The summed E-state index contributed by atoms with van der Waals surface area (Å²) in [5.74, 6) is 6.71. The number of hydrogen-bond acceptors (Lipinski definition) is 0. The van der Waals surface area contributed by atoms with Crippen LogP contribution in [0.15, 0.2) is 18.2 Å². The predicted molar refractivity (Wildman–Crippen MR) is 60.7 cm³/mol. The molecule has 0 aliphatic heterocycles. The lowest BCUT2D eigenvalue weighted by Crippen LogP contribution is -2.04. The molecule has 0 bridgehead atoms. The van der Waals surface area contributed by atoms with Crippen molar-refractivity contribution in [1.82, 2.24) is 0 Å². The van der Waals surface area contributed by atoms with E-state index in [4.69, 9.17) is 23.2 Å². The second kappa shape index (κ2) is 4.26. The highest BCUT2D eigenvalue weighted by atomic mass is 35.5. The quantitative estimate of drug-likeness (QED) is 0.683. The van der Waals surface area contributed by atoms with Gasteiger partial charge in [-0.05, 0) is 36.6 Å². The summed E-state index contributed by atoms with van der Waals surface area (Å²) in [5, 5.41) is 1.56. The molecule has 14 heavy (non-hydrogen) atoms. The molecular weight excluding hydrogens is 215 g/mol. The fourth-order valence-electron chi connectivity index (χ4n) is 1.49. The molecule has 0 spiro atoms. The second-order valence-electron chi connectivity index (χ2n) is 3.50. The van der Waals surface area contributed by atoms with Crippen molar-refractivity contribution in [2.24, 2.45) is 5.92 Å². The first-order valence-corrected chi connectivity index (χ1v) is 5.43. The standard InChI is InChI=1S/C12H10Cl2/c13-11-6-7-12(14)10(8-11)5-4-9-2-1-3-9/h6-9H,2,4-5H2. The molecule has 0 saturated carbocycles. The van der Waals surface area contributed by atoms with Crippen molar-refractivity contribution in [1.29, 1.82) is 0 Å². The third-order valence-corrected chi connectivity index (χ3v) is 3.03. The van der Waals surface area contributed by atoms with E-state index in [0.29, 0.717) is 5.92 Å². The lowest BCUT2D eigenvalue weighted by atomic mass is 9.92. The molecule has 0 heterocycles. The molecule has 1 aromatic rings. The van der Waals surface area contributed by atoms with Crippen LogP contribution in [0.25, 0.3) is 0 Å². The maximum Gasteiger partial charge on any atom is 0.0439 e. The first-order chi connectivity index (χ1) is 6.75. The van der Waals surface area contributed by atoms with E-state index in [1.165, 1.54) is 0 Å². The molecule has 1 aromatic carbocycles.